The monoisotopic (exact) mass is 462 g/mol. The van der Waals surface area contributed by atoms with E-state index in [2.05, 4.69) is 5.32 Å². The highest BCUT2D eigenvalue weighted by molar-refractivity contribution is 6.39. The summed E-state index contributed by atoms with van der Waals surface area (Å²) in [4.78, 5) is 38.9. The van der Waals surface area contributed by atoms with Gasteiger partial charge in [0.1, 0.15) is 23.7 Å². The summed E-state index contributed by atoms with van der Waals surface area (Å²) in [5.41, 5.74) is 1.47. The fourth-order valence-electron chi connectivity index (χ4n) is 3.30. The molecule has 0 saturated carbocycles. The number of para-hydroxylation sites is 1. The first-order valence-corrected chi connectivity index (χ1v) is 10.4. The zero-order valence-electron chi connectivity index (χ0n) is 17.6. The molecule has 166 valence electrons. The molecule has 0 aliphatic carbocycles. The van der Waals surface area contributed by atoms with Crippen LogP contribution in [0.2, 0.25) is 5.02 Å². The first-order chi connectivity index (χ1) is 16.0. The molecular weight excluding hydrogens is 444 g/mol. The Morgan fingerprint density at radius 3 is 2.48 bits per heavy atom. The Balaban J connectivity index is 1.68. The van der Waals surface area contributed by atoms with Gasteiger partial charge >= 0.3 is 6.03 Å². The van der Waals surface area contributed by atoms with Crippen molar-refractivity contribution in [3.8, 4) is 11.5 Å². The predicted molar refractivity (Wildman–Crippen MR) is 124 cm³/mol. The number of urea groups is 1. The summed E-state index contributed by atoms with van der Waals surface area (Å²) in [5, 5.41) is 2.80. The Morgan fingerprint density at radius 1 is 0.970 bits per heavy atom. The lowest BCUT2D eigenvalue weighted by Gasteiger charge is -2.26. The summed E-state index contributed by atoms with van der Waals surface area (Å²) in [6, 6.07) is 19.8. The molecule has 0 bridgehead atoms. The second-order valence-corrected chi connectivity index (χ2v) is 7.55. The van der Waals surface area contributed by atoms with Crippen LogP contribution < -0.4 is 19.7 Å². The molecule has 33 heavy (non-hydrogen) atoms. The average molecular weight is 463 g/mol. The molecule has 0 spiro atoms. The van der Waals surface area contributed by atoms with Gasteiger partial charge in [-0.3, -0.25) is 14.9 Å². The first kappa shape index (κ1) is 22.1. The Labute approximate surface area is 195 Å². The number of hydrogen-bond acceptors (Lipinski definition) is 5. The maximum absolute atomic E-state index is 13.1. The van der Waals surface area contributed by atoms with Crippen LogP contribution in [0.25, 0.3) is 6.08 Å². The van der Waals surface area contributed by atoms with Gasteiger partial charge in [0.15, 0.2) is 0 Å². The van der Waals surface area contributed by atoms with E-state index in [4.69, 9.17) is 21.1 Å². The molecule has 1 N–H and O–H groups in total. The first-order valence-electron chi connectivity index (χ1n) is 9.98. The molecule has 0 atom stereocenters. The van der Waals surface area contributed by atoms with Crippen LogP contribution in [0.5, 0.6) is 11.5 Å². The molecule has 4 amide bonds. The van der Waals surface area contributed by atoms with Crippen LogP contribution in [0.15, 0.2) is 78.4 Å². The van der Waals surface area contributed by atoms with E-state index < -0.39 is 17.8 Å². The molecule has 4 rings (SSSR count). The van der Waals surface area contributed by atoms with Gasteiger partial charge in [-0.05, 0) is 48.0 Å². The number of methoxy groups -OCH3 is 1. The molecular formula is C25H19ClN2O5. The number of nitrogens with one attached hydrogen (secondary N) is 1. The van der Waals surface area contributed by atoms with Gasteiger partial charge in [0.2, 0.25) is 0 Å². The average Bonchev–Trinajstić information content (AvgIpc) is 2.81. The van der Waals surface area contributed by atoms with E-state index in [-0.39, 0.29) is 12.2 Å². The van der Waals surface area contributed by atoms with Gasteiger partial charge in [-0.2, -0.15) is 0 Å². The number of barbiturate groups is 1. The van der Waals surface area contributed by atoms with Crippen molar-refractivity contribution in [2.24, 2.45) is 0 Å². The quantitative estimate of drug-likeness (QED) is 0.427. The summed E-state index contributed by atoms with van der Waals surface area (Å²) < 4.78 is 11.2. The second-order valence-electron chi connectivity index (χ2n) is 7.12. The number of benzene rings is 3. The lowest BCUT2D eigenvalue weighted by atomic mass is 10.1. The topological polar surface area (TPSA) is 84.9 Å². The third-order valence-electron chi connectivity index (χ3n) is 4.92. The van der Waals surface area contributed by atoms with Gasteiger partial charge in [0.05, 0.1) is 12.8 Å². The molecule has 1 fully saturated rings. The summed E-state index contributed by atoms with van der Waals surface area (Å²) in [6.45, 7) is 0.207. The van der Waals surface area contributed by atoms with Gasteiger partial charge in [-0.1, -0.05) is 41.9 Å². The number of rotatable bonds is 6. The number of amides is 4. The molecule has 1 saturated heterocycles. The maximum atomic E-state index is 13.1. The molecule has 0 aromatic heterocycles. The number of halogens is 1. The molecule has 0 unspecified atom stereocenters. The summed E-state index contributed by atoms with van der Waals surface area (Å²) in [6.07, 6.45) is 1.40. The number of nitrogens with zero attached hydrogens (tertiary/aromatic N) is 1. The van der Waals surface area contributed by atoms with Crippen molar-refractivity contribution < 1.29 is 23.9 Å². The van der Waals surface area contributed by atoms with Crippen molar-refractivity contribution in [3.05, 3.63) is 94.5 Å². The SMILES string of the molecule is COc1ccc(/C=C2\C(=O)NC(=O)N(c3ccccc3)C2=O)c(OCc2cccc(Cl)c2)c1. The minimum absolute atomic E-state index is 0.198. The van der Waals surface area contributed by atoms with Crippen LogP contribution in [0.4, 0.5) is 10.5 Å². The van der Waals surface area contributed by atoms with Crippen LogP contribution >= 0.6 is 11.6 Å². The zero-order valence-corrected chi connectivity index (χ0v) is 18.3. The number of anilines is 1. The van der Waals surface area contributed by atoms with E-state index in [0.29, 0.717) is 27.8 Å². The van der Waals surface area contributed by atoms with E-state index >= 15 is 0 Å². The van der Waals surface area contributed by atoms with Crippen molar-refractivity contribution in [3.63, 3.8) is 0 Å². The summed E-state index contributed by atoms with van der Waals surface area (Å²) in [5.74, 6) is -0.579. The molecule has 1 aliphatic heterocycles. The minimum Gasteiger partial charge on any atom is -0.497 e. The number of ether oxygens (including phenoxy) is 2. The Bertz CT molecular complexity index is 1260. The van der Waals surface area contributed by atoms with Gasteiger partial charge in [-0.15, -0.1) is 0 Å². The van der Waals surface area contributed by atoms with E-state index in [0.717, 1.165) is 10.5 Å². The lowest BCUT2D eigenvalue weighted by Crippen LogP contribution is -2.54. The number of carbonyl (C=O) groups is 3. The van der Waals surface area contributed by atoms with Crippen molar-refractivity contribution in [2.75, 3.05) is 12.0 Å². The highest BCUT2D eigenvalue weighted by Crippen LogP contribution is 2.29. The minimum atomic E-state index is -0.805. The Kier molecular flexibility index (Phi) is 6.42. The predicted octanol–water partition coefficient (Wildman–Crippen LogP) is 4.59. The highest BCUT2D eigenvalue weighted by Gasteiger charge is 2.36. The standard InChI is InChI=1S/C25H19ClN2O5/c1-32-20-11-10-17(22(14-20)33-15-16-6-5-7-18(26)12-16)13-21-23(29)27-25(31)28(24(21)30)19-8-3-2-4-9-19/h2-14H,15H2,1H3,(H,27,29,31)/b21-13+. The molecule has 3 aromatic carbocycles. The van der Waals surface area contributed by atoms with Crippen LogP contribution in [0.3, 0.4) is 0 Å². The molecule has 1 aliphatic rings. The van der Waals surface area contributed by atoms with Gasteiger partial charge in [0.25, 0.3) is 11.8 Å². The molecule has 8 heteroatoms. The largest absolute Gasteiger partial charge is 0.497 e. The van der Waals surface area contributed by atoms with Crippen molar-refractivity contribution in [1.82, 2.24) is 5.32 Å². The van der Waals surface area contributed by atoms with Gasteiger partial charge in [0, 0.05) is 16.7 Å². The zero-order chi connectivity index (χ0) is 23.4. The highest BCUT2D eigenvalue weighted by atomic mass is 35.5. The normalized spacial score (nSPS) is 14.9. The van der Waals surface area contributed by atoms with Gasteiger partial charge < -0.3 is 9.47 Å². The Morgan fingerprint density at radius 2 is 1.76 bits per heavy atom. The van der Waals surface area contributed by atoms with Crippen LogP contribution in [-0.2, 0) is 16.2 Å². The van der Waals surface area contributed by atoms with Crippen molar-refractivity contribution in [2.45, 2.75) is 6.61 Å². The van der Waals surface area contributed by atoms with Crippen molar-refractivity contribution in [1.29, 1.82) is 0 Å². The van der Waals surface area contributed by atoms with Crippen LogP contribution in [0, 0.1) is 0 Å². The fraction of sp³-hybridized carbons (Fsp3) is 0.0800. The van der Waals surface area contributed by atoms with Crippen LogP contribution in [-0.4, -0.2) is 25.0 Å². The smallest absolute Gasteiger partial charge is 0.335 e. The number of imide groups is 2. The third-order valence-corrected chi connectivity index (χ3v) is 5.16. The van der Waals surface area contributed by atoms with E-state index in [9.17, 15) is 14.4 Å². The molecule has 0 radical (unpaired) electrons. The van der Waals surface area contributed by atoms with E-state index in [1.807, 2.05) is 12.1 Å². The summed E-state index contributed by atoms with van der Waals surface area (Å²) >= 11 is 6.04. The fourth-order valence-corrected chi connectivity index (χ4v) is 3.51. The maximum Gasteiger partial charge on any atom is 0.335 e. The Hall–Kier alpha value is -4.10. The van der Waals surface area contributed by atoms with Crippen LogP contribution in [0.1, 0.15) is 11.1 Å². The van der Waals surface area contributed by atoms with E-state index in [1.165, 1.54) is 13.2 Å². The number of hydrogen-bond donors (Lipinski definition) is 1. The second kappa shape index (κ2) is 9.58. The molecule has 7 nitrogen and oxygen atoms in total. The third kappa shape index (κ3) is 4.88. The molecule has 3 aromatic rings. The lowest BCUT2D eigenvalue weighted by molar-refractivity contribution is -0.122. The van der Waals surface area contributed by atoms with Gasteiger partial charge in [-0.25, -0.2) is 9.69 Å². The van der Waals surface area contributed by atoms with E-state index in [1.54, 1.807) is 60.7 Å². The number of carbonyl (C=O) groups excluding carboxylic acids is 3. The summed E-state index contributed by atoms with van der Waals surface area (Å²) in [7, 11) is 1.52. The molecule has 1 heterocycles. The van der Waals surface area contributed by atoms with Crippen molar-refractivity contribution >= 4 is 41.2 Å².